The Hall–Kier alpha value is -1.68. The largest absolute Gasteiger partial charge is 0.393 e. The molecule has 2 unspecified atom stereocenters. The number of aliphatic hydroxyl groups is 2. The van der Waals surface area contributed by atoms with Crippen molar-refractivity contribution in [1.29, 1.82) is 0 Å². The topological polar surface area (TPSA) is 43.7 Å². The highest BCUT2D eigenvalue weighted by Crippen LogP contribution is 2.32. The molecule has 0 saturated carbocycles. The normalized spacial score (nSPS) is 22.6. The molecule has 0 aliphatic carbocycles. The van der Waals surface area contributed by atoms with Crippen LogP contribution in [0.1, 0.15) is 35.6 Å². The van der Waals surface area contributed by atoms with Crippen LogP contribution in [0.15, 0.2) is 54.6 Å². The third kappa shape index (κ3) is 3.55. The molecule has 3 heteroatoms. The molecule has 2 N–H and O–H groups in total. The van der Waals surface area contributed by atoms with E-state index in [9.17, 15) is 5.11 Å². The zero-order chi connectivity index (χ0) is 15.4. The molecule has 0 radical (unpaired) electrons. The predicted octanol–water partition coefficient (Wildman–Crippen LogP) is 2.88. The van der Waals surface area contributed by atoms with Gasteiger partial charge in [-0.05, 0) is 29.5 Å². The maximum absolute atomic E-state index is 10.0. The van der Waals surface area contributed by atoms with Crippen LogP contribution in [0.5, 0.6) is 0 Å². The Morgan fingerprint density at radius 3 is 2.32 bits per heavy atom. The van der Waals surface area contributed by atoms with Gasteiger partial charge in [0.15, 0.2) is 0 Å². The zero-order valence-corrected chi connectivity index (χ0v) is 12.7. The Balaban J connectivity index is 1.77. The SMILES string of the molecule is OCc1ccc(CN2CCC(O)CC2c2ccccc2)cc1. The number of hydrogen-bond donors (Lipinski definition) is 2. The summed E-state index contributed by atoms with van der Waals surface area (Å²) in [6, 6.07) is 18.8. The van der Waals surface area contributed by atoms with Gasteiger partial charge in [-0.15, -0.1) is 0 Å². The fourth-order valence-corrected chi connectivity index (χ4v) is 3.19. The van der Waals surface area contributed by atoms with Crippen LogP contribution in [0.2, 0.25) is 0 Å². The predicted molar refractivity (Wildman–Crippen MR) is 87.2 cm³/mol. The average molecular weight is 297 g/mol. The number of piperidine rings is 1. The second kappa shape index (κ2) is 7.05. The van der Waals surface area contributed by atoms with Crippen molar-refractivity contribution < 1.29 is 10.2 Å². The van der Waals surface area contributed by atoms with E-state index in [-0.39, 0.29) is 18.8 Å². The van der Waals surface area contributed by atoms with Gasteiger partial charge in [-0.25, -0.2) is 0 Å². The first kappa shape index (κ1) is 15.2. The summed E-state index contributed by atoms with van der Waals surface area (Å²) in [5, 5.41) is 19.2. The van der Waals surface area contributed by atoms with Crippen molar-refractivity contribution >= 4 is 0 Å². The maximum Gasteiger partial charge on any atom is 0.0681 e. The summed E-state index contributed by atoms with van der Waals surface area (Å²) in [5.41, 5.74) is 3.46. The molecular weight excluding hydrogens is 274 g/mol. The molecule has 3 nitrogen and oxygen atoms in total. The fourth-order valence-electron chi connectivity index (χ4n) is 3.19. The summed E-state index contributed by atoms with van der Waals surface area (Å²) in [6.07, 6.45) is 1.41. The van der Waals surface area contributed by atoms with Crippen molar-refractivity contribution in [3.05, 3.63) is 71.3 Å². The van der Waals surface area contributed by atoms with Gasteiger partial charge in [0.1, 0.15) is 0 Å². The van der Waals surface area contributed by atoms with Gasteiger partial charge in [0.2, 0.25) is 0 Å². The van der Waals surface area contributed by atoms with E-state index in [1.54, 1.807) is 0 Å². The molecule has 1 heterocycles. The Bertz CT molecular complexity index is 582. The van der Waals surface area contributed by atoms with Crippen LogP contribution < -0.4 is 0 Å². The van der Waals surface area contributed by atoms with Crippen LogP contribution in [0, 0.1) is 0 Å². The van der Waals surface area contributed by atoms with E-state index in [2.05, 4.69) is 41.3 Å². The van der Waals surface area contributed by atoms with Crippen molar-refractivity contribution in [3.8, 4) is 0 Å². The Kier molecular flexibility index (Phi) is 4.88. The molecule has 2 aromatic rings. The van der Waals surface area contributed by atoms with E-state index in [1.165, 1.54) is 11.1 Å². The van der Waals surface area contributed by atoms with Crippen LogP contribution in [0.4, 0.5) is 0 Å². The lowest BCUT2D eigenvalue weighted by Gasteiger charge is -2.38. The molecule has 116 valence electrons. The van der Waals surface area contributed by atoms with Gasteiger partial charge in [0.05, 0.1) is 12.7 Å². The first-order valence-corrected chi connectivity index (χ1v) is 7.92. The minimum Gasteiger partial charge on any atom is -0.393 e. The molecule has 1 saturated heterocycles. The van der Waals surface area contributed by atoms with Gasteiger partial charge < -0.3 is 10.2 Å². The number of rotatable bonds is 4. The van der Waals surface area contributed by atoms with E-state index in [0.717, 1.165) is 31.5 Å². The van der Waals surface area contributed by atoms with E-state index in [1.807, 2.05) is 18.2 Å². The van der Waals surface area contributed by atoms with Crippen molar-refractivity contribution in [2.24, 2.45) is 0 Å². The molecule has 1 fully saturated rings. The summed E-state index contributed by atoms with van der Waals surface area (Å²) in [5.74, 6) is 0. The molecule has 0 aromatic heterocycles. The van der Waals surface area contributed by atoms with Gasteiger partial charge in [-0.2, -0.15) is 0 Å². The molecule has 2 atom stereocenters. The number of aliphatic hydroxyl groups excluding tert-OH is 2. The maximum atomic E-state index is 10.0. The van der Waals surface area contributed by atoms with Crippen molar-refractivity contribution in [2.75, 3.05) is 6.54 Å². The lowest BCUT2D eigenvalue weighted by atomic mass is 9.93. The highest BCUT2D eigenvalue weighted by Gasteiger charge is 2.28. The number of likely N-dealkylation sites (tertiary alicyclic amines) is 1. The quantitative estimate of drug-likeness (QED) is 0.912. The molecule has 1 aliphatic rings. The number of nitrogens with zero attached hydrogens (tertiary/aromatic N) is 1. The highest BCUT2D eigenvalue weighted by atomic mass is 16.3. The van der Waals surface area contributed by atoms with E-state index >= 15 is 0 Å². The molecule has 3 rings (SSSR count). The third-order valence-corrected chi connectivity index (χ3v) is 4.46. The van der Waals surface area contributed by atoms with E-state index < -0.39 is 0 Å². The molecule has 2 aromatic carbocycles. The van der Waals surface area contributed by atoms with Gasteiger partial charge in [0, 0.05) is 19.1 Å². The van der Waals surface area contributed by atoms with Gasteiger partial charge in [0.25, 0.3) is 0 Å². The first-order valence-electron chi connectivity index (χ1n) is 7.92. The summed E-state index contributed by atoms with van der Waals surface area (Å²) in [4.78, 5) is 2.44. The van der Waals surface area contributed by atoms with Crippen LogP contribution in [-0.2, 0) is 13.2 Å². The molecule has 0 amide bonds. The Labute approximate surface area is 131 Å². The Morgan fingerprint density at radius 1 is 0.955 bits per heavy atom. The standard InChI is InChI=1S/C19H23NO2/c21-14-16-8-6-15(7-9-16)13-20-11-10-18(22)12-19(20)17-4-2-1-3-5-17/h1-9,18-19,21-22H,10-14H2. The molecule has 0 bridgehead atoms. The van der Waals surface area contributed by atoms with E-state index in [4.69, 9.17) is 5.11 Å². The lowest BCUT2D eigenvalue weighted by Crippen LogP contribution is -2.38. The summed E-state index contributed by atoms with van der Waals surface area (Å²) >= 11 is 0. The van der Waals surface area contributed by atoms with E-state index in [0.29, 0.717) is 0 Å². The monoisotopic (exact) mass is 297 g/mol. The third-order valence-electron chi connectivity index (χ3n) is 4.46. The minimum absolute atomic E-state index is 0.0861. The summed E-state index contributed by atoms with van der Waals surface area (Å²) < 4.78 is 0. The van der Waals surface area contributed by atoms with Crippen LogP contribution in [-0.4, -0.2) is 27.8 Å². The minimum atomic E-state index is -0.210. The molecule has 0 spiro atoms. The summed E-state index contributed by atoms with van der Waals surface area (Å²) in [6.45, 7) is 1.86. The van der Waals surface area contributed by atoms with Crippen molar-refractivity contribution in [2.45, 2.75) is 38.1 Å². The van der Waals surface area contributed by atoms with Crippen LogP contribution in [0.25, 0.3) is 0 Å². The van der Waals surface area contributed by atoms with Crippen molar-refractivity contribution in [1.82, 2.24) is 4.90 Å². The smallest absolute Gasteiger partial charge is 0.0681 e. The number of benzene rings is 2. The summed E-state index contributed by atoms with van der Waals surface area (Å²) in [7, 11) is 0. The lowest BCUT2D eigenvalue weighted by molar-refractivity contribution is 0.0364. The van der Waals surface area contributed by atoms with Crippen molar-refractivity contribution in [3.63, 3.8) is 0 Å². The zero-order valence-electron chi connectivity index (χ0n) is 12.7. The van der Waals surface area contributed by atoms with Gasteiger partial charge >= 0.3 is 0 Å². The van der Waals surface area contributed by atoms with Crippen LogP contribution in [0.3, 0.4) is 0 Å². The number of hydrogen-bond acceptors (Lipinski definition) is 3. The second-order valence-corrected chi connectivity index (χ2v) is 6.05. The average Bonchev–Trinajstić information content (AvgIpc) is 2.58. The molecule has 22 heavy (non-hydrogen) atoms. The van der Waals surface area contributed by atoms with Gasteiger partial charge in [-0.1, -0.05) is 54.6 Å². The van der Waals surface area contributed by atoms with Gasteiger partial charge in [-0.3, -0.25) is 4.90 Å². The molecule has 1 aliphatic heterocycles. The highest BCUT2D eigenvalue weighted by molar-refractivity contribution is 5.24. The first-order chi connectivity index (χ1) is 10.8. The van der Waals surface area contributed by atoms with Crippen LogP contribution >= 0.6 is 0 Å². The fraction of sp³-hybridized carbons (Fsp3) is 0.368. The second-order valence-electron chi connectivity index (χ2n) is 6.05. The molecular formula is C19H23NO2. The Morgan fingerprint density at radius 2 is 1.64 bits per heavy atom.